The lowest BCUT2D eigenvalue weighted by Crippen LogP contribution is -2.15. The van der Waals surface area contributed by atoms with Gasteiger partial charge in [-0.25, -0.2) is 0 Å². The second-order valence-electron chi connectivity index (χ2n) is 4.49. The summed E-state index contributed by atoms with van der Waals surface area (Å²) in [5, 5.41) is 7.87. The van der Waals surface area contributed by atoms with Crippen LogP contribution in [0.3, 0.4) is 0 Å². The molecule has 2 aromatic rings. The summed E-state index contributed by atoms with van der Waals surface area (Å²) in [5.74, 6) is 0. The van der Waals surface area contributed by atoms with Gasteiger partial charge >= 0.3 is 0 Å². The Kier molecular flexibility index (Phi) is 3.32. The van der Waals surface area contributed by atoms with Crippen LogP contribution in [0.4, 0.5) is 0 Å². The highest BCUT2D eigenvalue weighted by atomic mass is 79.9. The summed E-state index contributed by atoms with van der Waals surface area (Å²) in [4.78, 5) is 0. The summed E-state index contributed by atoms with van der Waals surface area (Å²) in [6.07, 6.45) is 2.69. The van der Waals surface area contributed by atoms with Gasteiger partial charge in [0.15, 0.2) is 0 Å². The van der Waals surface area contributed by atoms with Crippen molar-refractivity contribution in [2.45, 2.75) is 25.4 Å². The summed E-state index contributed by atoms with van der Waals surface area (Å²) in [7, 11) is 0. The molecule has 1 saturated carbocycles. The van der Waals surface area contributed by atoms with E-state index >= 15 is 0 Å². The van der Waals surface area contributed by atoms with Gasteiger partial charge < -0.3 is 5.32 Å². The third-order valence-electron chi connectivity index (χ3n) is 3.02. The van der Waals surface area contributed by atoms with Crippen LogP contribution in [-0.4, -0.2) is 6.04 Å². The molecule has 0 atom stereocenters. The van der Waals surface area contributed by atoms with Gasteiger partial charge in [0.2, 0.25) is 0 Å². The number of hydrogen-bond donors (Lipinski definition) is 1. The van der Waals surface area contributed by atoms with E-state index in [9.17, 15) is 0 Å². The fourth-order valence-electron chi connectivity index (χ4n) is 1.89. The van der Waals surface area contributed by atoms with Crippen LogP contribution in [0.1, 0.15) is 18.4 Å². The zero-order valence-corrected chi connectivity index (χ0v) is 11.9. The second-order valence-corrected chi connectivity index (χ2v) is 6.09. The summed E-state index contributed by atoms with van der Waals surface area (Å²) >= 11 is 5.33. The van der Waals surface area contributed by atoms with Gasteiger partial charge in [0.05, 0.1) is 0 Å². The van der Waals surface area contributed by atoms with Crippen molar-refractivity contribution in [1.82, 2.24) is 5.32 Å². The Bertz CT molecular complexity index is 516. The van der Waals surface area contributed by atoms with Crippen molar-refractivity contribution in [3.63, 3.8) is 0 Å². The maximum Gasteiger partial charge on any atom is 0.0360 e. The number of halogens is 1. The smallest absolute Gasteiger partial charge is 0.0360 e. The van der Waals surface area contributed by atoms with Gasteiger partial charge in [0, 0.05) is 28.0 Å². The minimum atomic E-state index is 0.770. The molecule has 1 fully saturated rings. The fourth-order valence-corrected chi connectivity index (χ4v) is 3.42. The van der Waals surface area contributed by atoms with Crippen LogP contribution >= 0.6 is 27.3 Å². The average molecular weight is 308 g/mol. The molecule has 17 heavy (non-hydrogen) atoms. The number of nitrogens with one attached hydrogen (secondary N) is 1. The molecule has 3 rings (SSSR count). The molecule has 3 heteroatoms. The molecule has 1 N–H and O–H groups in total. The van der Waals surface area contributed by atoms with E-state index in [0.717, 1.165) is 12.6 Å². The van der Waals surface area contributed by atoms with Crippen LogP contribution in [-0.2, 0) is 6.54 Å². The molecule has 1 aromatic heterocycles. The topological polar surface area (TPSA) is 12.0 Å². The number of benzene rings is 1. The lowest BCUT2D eigenvalue weighted by atomic mass is 10.1. The van der Waals surface area contributed by atoms with Gasteiger partial charge in [0.25, 0.3) is 0 Å². The lowest BCUT2D eigenvalue weighted by Gasteiger charge is -2.06. The second kappa shape index (κ2) is 4.92. The first-order valence-electron chi connectivity index (χ1n) is 5.87. The van der Waals surface area contributed by atoms with Crippen LogP contribution in [0.15, 0.2) is 39.5 Å². The predicted molar refractivity (Wildman–Crippen MR) is 77.3 cm³/mol. The van der Waals surface area contributed by atoms with Gasteiger partial charge in [-0.2, -0.15) is 11.3 Å². The lowest BCUT2D eigenvalue weighted by molar-refractivity contribution is 0.688. The van der Waals surface area contributed by atoms with Gasteiger partial charge in [-0.05, 0) is 51.3 Å². The van der Waals surface area contributed by atoms with Crippen molar-refractivity contribution in [2.75, 3.05) is 0 Å². The monoisotopic (exact) mass is 307 g/mol. The maximum atomic E-state index is 3.59. The maximum absolute atomic E-state index is 3.59. The highest BCUT2D eigenvalue weighted by Gasteiger charge is 2.19. The Hall–Kier alpha value is -0.640. The van der Waals surface area contributed by atoms with Crippen LogP contribution in [0.25, 0.3) is 11.1 Å². The van der Waals surface area contributed by atoms with Gasteiger partial charge in [-0.3, -0.25) is 0 Å². The molecule has 88 valence electrons. The van der Waals surface area contributed by atoms with Gasteiger partial charge in [-0.15, -0.1) is 0 Å². The van der Waals surface area contributed by atoms with Crippen LogP contribution in [0.2, 0.25) is 0 Å². The van der Waals surface area contributed by atoms with Crippen molar-refractivity contribution in [1.29, 1.82) is 0 Å². The Morgan fingerprint density at radius 2 is 2.18 bits per heavy atom. The summed E-state index contributed by atoms with van der Waals surface area (Å²) < 4.78 is 1.19. The first-order valence-corrected chi connectivity index (χ1v) is 7.61. The molecule has 0 unspecified atom stereocenters. The number of rotatable bonds is 4. The van der Waals surface area contributed by atoms with Crippen molar-refractivity contribution < 1.29 is 0 Å². The predicted octanol–water partition coefficient (Wildman–Crippen LogP) is 4.43. The van der Waals surface area contributed by atoms with E-state index in [1.54, 1.807) is 11.3 Å². The molecular weight excluding hydrogens is 294 g/mol. The standard InChI is InChI=1S/C14H14BrNS/c15-14-9-17-8-13(14)11-3-1-2-10(6-11)7-16-12-4-5-12/h1-3,6,8-9,12,16H,4-5,7H2. The number of hydrogen-bond acceptors (Lipinski definition) is 2. The zero-order chi connectivity index (χ0) is 11.7. The largest absolute Gasteiger partial charge is 0.310 e. The minimum Gasteiger partial charge on any atom is -0.310 e. The molecule has 0 bridgehead atoms. The Labute approximate surface area is 114 Å². The van der Waals surface area contributed by atoms with E-state index < -0.39 is 0 Å². The molecule has 1 aliphatic carbocycles. The summed E-state index contributed by atoms with van der Waals surface area (Å²) in [6, 6.07) is 9.56. The van der Waals surface area contributed by atoms with E-state index in [1.807, 2.05) is 0 Å². The molecule has 1 nitrogen and oxygen atoms in total. The van der Waals surface area contributed by atoms with E-state index in [1.165, 1.54) is 34.0 Å². The van der Waals surface area contributed by atoms with E-state index in [4.69, 9.17) is 0 Å². The fraction of sp³-hybridized carbons (Fsp3) is 0.286. The number of thiophene rings is 1. The van der Waals surface area contributed by atoms with E-state index in [0.29, 0.717) is 0 Å². The third kappa shape index (κ3) is 2.79. The molecule has 0 saturated heterocycles. The first kappa shape index (κ1) is 11.5. The Balaban J connectivity index is 1.80. The third-order valence-corrected chi connectivity index (χ3v) is 4.73. The summed E-state index contributed by atoms with van der Waals surface area (Å²) in [6.45, 7) is 0.986. The molecule has 1 aromatic carbocycles. The van der Waals surface area contributed by atoms with Gasteiger partial charge in [0.1, 0.15) is 0 Å². The van der Waals surface area contributed by atoms with Crippen LogP contribution in [0.5, 0.6) is 0 Å². The average Bonchev–Trinajstić information content (AvgIpc) is 3.08. The van der Waals surface area contributed by atoms with E-state index in [2.05, 4.69) is 56.3 Å². The molecule has 0 amide bonds. The molecular formula is C14H14BrNS. The zero-order valence-electron chi connectivity index (χ0n) is 9.45. The SMILES string of the molecule is Brc1cscc1-c1cccc(CNC2CC2)c1. The molecule has 1 heterocycles. The minimum absolute atomic E-state index is 0.770. The molecule has 0 aliphatic heterocycles. The molecule has 0 radical (unpaired) electrons. The summed E-state index contributed by atoms with van der Waals surface area (Å²) in [5.41, 5.74) is 3.96. The quantitative estimate of drug-likeness (QED) is 0.881. The highest BCUT2D eigenvalue weighted by molar-refractivity contribution is 9.10. The van der Waals surface area contributed by atoms with Crippen molar-refractivity contribution in [3.05, 3.63) is 45.1 Å². The van der Waals surface area contributed by atoms with Crippen molar-refractivity contribution >= 4 is 27.3 Å². The highest BCUT2D eigenvalue weighted by Crippen LogP contribution is 2.32. The normalized spacial score (nSPS) is 15.1. The Morgan fingerprint density at radius 3 is 2.88 bits per heavy atom. The Morgan fingerprint density at radius 1 is 1.29 bits per heavy atom. The first-order chi connectivity index (χ1) is 8.33. The van der Waals surface area contributed by atoms with E-state index in [-0.39, 0.29) is 0 Å². The van der Waals surface area contributed by atoms with Crippen LogP contribution in [0, 0.1) is 0 Å². The van der Waals surface area contributed by atoms with Crippen molar-refractivity contribution in [2.24, 2.45) is 0 Å². The molecule has 0 spiro atoms. The molecule has 1 aliphatic rings. The van der Waals surface area contributed by atoms with Crippen molar-refractivity contribution in [3.8, 4) is 11.1 Å². The van der Waals surface area contributed by atoms with Crippen LogP contribution < -0.4 is 5.32 Å². The van der Waals surface area contributed by atoms with Gasteiger partial charge in [-0.1, -0.05) is 18.2 Å².